The zero-order valence-corrected chi connectivity index (χ0v) is 18.4. The Balaban J connectivity index is 1.45. The quantitative estimate of drug-likeness (QED) is 0.420. The molecule has 3 aromatic heterocycles. The van der Waals surface area contributed by atoms with Gasteiger partial charge in [-0.2, -0.15) is 0 Å². The number of aryl methyl sites for hydroxylation is 1. The molecule has 0 spiro atoms. The maximum absolute atomic E-state index is 13.3. The van der Waals surface area contributed by atoms with Gasteiger partial charge in [0.2, 0.25) is 0 Å². The number of benzene rings is 2. The van der Waals surface area contributed by atoms with Crippen molar-refractivity contribution in [3.8, 4) is 17.0 Å². The first-order chi connectivity index (χ1) is 15.1. The Hall–Kier alpha value is -3.58. The first-order valence-corrected chi connectivity index (χ1v) is 10.9. The molecule has 0 saturated heterocycles. The Labute approximate surface area is 183 Å². The molecule has 0 unspecified atom stereocenters. The highest BCUT2D eigenvalue weighted by Crippen LogP contribution is 2.31. The number of thiazole rings is 1. The maximum Gasteiger partial charge on any atom is 0.271 e. The molecule has 0 aliphatic heterocycles. The highest BCUT2D eigenvalue weighted by Gasteiger charge is 2.21. The Morgan fingerprint density at radius 2 is 1.97 bits per heavy atom. The Morgan fingerprint density at radius 3 is 2.77 bits per heavy atom. The molecule has 5 aromatic rings. The molecule has 0 atom stereocenters. The van der Waals surface area contributed by atoms with Crippen LogP contribution < -0.4 is 4.74 Å². The van der Waals surface area contributed by atoms with Gasteiger partial charge in [0, 0.05) is 40.8 Å². The van der Waals surface area contributed by atoms with Crippen molar-refractivity contribution in [3.05, 3.63) is 77.1 Å². The smallest absolute Gasteiger partial charge is 0.271 e. The third-order valence-electron chi connectivity index (χ3n) is 5.62. The van der Waals surface area contributed by atoms with Gasteiger partial charge < -0.3 is 14.6 Å². The Kier molecular flexibility index (Phi) is 4.75. The first kappa shape index (κ1) is 19.4. The Bertz CT molecular complexity index is 1410. The molecule has 1 amide bonds. The van der Waals surface area contributed by atoms with Gasteiger partial charge in [-0.05, 0) is 30.7 Å². The van der Waals surface area contributed by atoms with Crippen molar-refractivity contribution in [2.24, 2.45) is 0 Å². The van der Waals surface area contributed by atoms with E-state index in [1.54, 1.807) is 12.0 Å². The molecule has 2 aromatic carbocycles. The summed E-state index contributed by atoms with van der Waals surface area (Å²) >= 11 is 1.46. The van der Waals surface area contributed by atoms with Gasteiger partial charge in [0.25, 0.3) is 5.91 Å². The number of nitrogens with one attached hydrogen (secondary N) is 1. The van der Waals surface area contributed by atoms with Gasteiger partial charge in [0.1, 0.15) is 11.4 Å². The standard InChI is InChI=1S/C24H22N4O2S/c1-15-16-8-4-6-10-18(16)25-19(15)12-27(2)23(29)21-14-31-24-26-20(13-28(21)24)17-9-5-7-11-22(17)30-3/h4-11,13-14,25H,12H2,1-3H3. The second-order valence-electron chi connectivity index (χ2n) is 7.54. The third kappa shape index (κ3) is 3.27. The van der Waals surface area contributed by atoms with Crippen LogP contribution in [0.4, 0.5) is 0 Å². The number of para-hydroxylation sites is 2. The van der Waals surface area contributed by atoms with Crippen LogP contribution >= 0.6 is 11.3 Å². The normalized spacial score (nSPS) is 11.3. The summed E-state index contributed by atoms with van der Waals surface area (Å²) in [5.74, 6) is 0.709. The highest BCUT2D eigenvalue weighted by atomic mass is 32.1. The fourth-order valence-electron chi connectivity index (χ4n) is 3.92. The number of carbonyl (C=O) groups is 1. The second-order valence-corrected chi connectivity index (χ2v) is 8.37. The van der Waals surface area contributed by atoms with Crippen LogP contribution in [-0.4, -0.2) is 39.3 Å². The van der Waals surface area contributed by atoms with Crippen molar-refractivity contribution >= 4 is 33.1 Å². The van der Waals surface area contributed by atoms with E-state index in [0.717, 1.165) is 33.2 Å². The summed E-state index contributed by atoms with van der Waals surface area (Å²) in [7, 11) is 3.47. The monoisotopic (exact) mass is 430 g/mol. The molecule has 1 N–H and O–H groups in total. The van der Waals surface area contributed by atoms with Gasteiger partial charge >= 0.3 is 0 Å². The van der Waals surface area contributed by atoms with Gasteiger partial charge in [-0.1, -0.05) is 30.3 Å². The van der Waals surface area contributed by atoms with Crippen LogP contribution in [0.1, 0.15) is 21.7 Å². The number of hydrogen-bond acceptors (Lipinski definition) is 4. The number of carbonyl (C=O) groups excluding carboxylic acids is 1. The predicted octanol–water partition coefficient (Wildman–Crippen LogP) is 5.13. The number of H-pyrrole nitrogens is 1. The summed E-state index contributed by atoms with van der Waals surface area (Å²) in [6.07, 6.45) is 1.90. The van der Waals surface area contributed by atoms with Crippen molar-refractivity contribution < 1.29 is 9.53 Å². The zero-order valence-electron chi connectivity index (χ0n) is 17.5. The zero-order chi connectivity index (χ0) is 21.5. The minimum atomic E-state index is -0.0479. The largest absolute Gasteiger partial charge is 0.496 e. The summed E-state index contributed by atoms with van der Waals surface area (Å²) < 4.78 is 7.33. The fourth-order valence-corrected chi connectivity index (χ4v) is 4.77. The van der Waals surface area contributed by atoms with E-state index >= 15 is 0 Å². The average Bonchev–Trinajstić information content (AvgIpc) is 3.47. The average molecular weight is 431 g/mol. The van der Waals surface area contributed by atoms with Crippen LogP contribution in [0.15, 0.2) is 60.1 Å². The molecular formula is C24H22N4O2S. The molecule has 0 aliphatic rings. The lowest BCUT2D eigenvalue weighted by atomic mass is 10.1. The minimum Gasteiger partial charge on any atom is -0.496 e. The number of imidazole rings is 1. The molecule has 5 rings (SSSR count). The van der Waals surface area contributed by atoms with Crippen molar-refractivity contribution in [2.45, 2.75) is 13.5 Å². The lowest BCUT2D eigenvalue weighted by molar-refractivity contribution is 0.0777. The molecule has 0 saturated carbocycles. The van der Waals surface area contributed by atoms with E-state index in [9.17, 15) is 4.79 Å². The van der Waals surface area contributed by atoms with Crippen molar-refractivity contribution in [1.29, 1.82) is 0 Å². The molecule has 0 fully saturated rings. The maximum atomic E-state index is 13.3. The summed E-state index contributed by atoms with van der Waals surface area (Å²) in [5, 5.41) is 3.05. The van der Waals surface area contributed by atoms with Crippen LogP contribution in [0.5, 0.6) is 5.75 Å². The van der Waals surface area contributed by atoms with E-state index < -0.39 is 0 Å². The van der Waals surface area contributed by atoms with E-state index in [2.05, 4.69) is 24.0 Å². The highest BCUT2D eigenvalue weighted by molar-refractivity contribution is 7.15. The Morgan fingerprint density at radius 1 is 1.19 bits per heavy atom. The molecule has 156 valence electrons. The van der Waals surface area contributed by atoms with E-state index in [1.165, 1.54) is 22.3 Å². The number of aromatic amines is 1. The first-order valence-electron chi connectivity index (χ1n) is 9.98. The number of aromatic nitrogens is 3. The summed E-state index contributed by atoms with van der Waals surface area (Å²) in [6.45, 7) is 2.59. The van der Waals surface area contributed by atoms with Crippen LogP contribution in [0, 0.1) is 6.92 Å². The molecule has 31 heavy (non-hydrogen) atoms. The number of hydrogen-bond donors (Lipinski definition) is 1. The molecule has 7 heteroatoms. The lowest BCUT2D eigenvalue weighted by Gasteiger charge is -2.16. The molecule has 6 nitrogen and oxygen atoms in total. The van der Waals surface area contributed by atoms with Gasteiger partial charge in [-0.15, -0.1) is 11.3 Å². The summed E-state index contributed by atoms with van der Waals surface area (Å²) in [6, 6.07) is 16.0. The van der Waals surface area contributed by atoms with Crippen molar-refractivity contribution in [1.82, 2.24) is 19.3 Å². The van der Waals surface area contributed by atoms with Crippen molar-refractivity contribution in [3.63, 3.8) is 0 Å². The number of fused-ring (bicyclic) bond motifs is 2. The fraction of sp³-hybridized carbons (Fsp3) is 0.167. The molecule has 0 bridgehead atoms. The van der Waals surface area contributed by atoms with Gasteiger partial charge in [-0.3, -0.25) is 9.20 Å². The van der Waals surface area contributed by atoms with Crippen LogP contribution in [-0.2, 0) is 6.54 Å². The third-order valence-corrected chi connectivity index (χ3v) is 6.46. The topological polar surface area (TPSA) is 62.6 Å². The summed E-state index contributed by atoms with van der Waals surface area (Å²) in [5.41, 5.74) is 5.60. The van der Waals surface area contributed by atoms with E-state index in [4.69, 9.17) is 9.72 Å². The number of rotatable bonds is 5. The van der Waals surface area contributed by atoms with E-state index in [-0.39, 0.29) is 5.91 Å². The van der Waals surface area contributed by atoms with Crippen LogP contribution in [0.25, 0.3) is 27.1 Å². The van der Waals surface area contributed by atoms with Gasteiger partial charge in [0.15, 0.2) is 4.96 Å². The second kappa shape index (κ2) is 7.59. The van der Waals surface area contributed by atoms with Gasteiger partial charge in [-0.25, -0.2) is 4.98 Å². The minimum absolute atomic E-state index is 0.0479. The number of nitrogens with zero attached hydrogens (tertiary/aromatic N) is 3. The SMILES string of the molecule is COc1ccccc1-c1cn2c(C(=O)N(C)Cc3[nH]c4ccccc4c3C)csc2n1. The predicted molar refractivity (Wildman–Crippen MR) is 124 cm³/mol. The molecular weight excluding hydrogens is 408 g/mol. The molecule has 3 heterocycles. The van der Waals surface area contributed by atoms with E-state index in [1.807, 2.05) is 59.4 Å². The van der Waals surface area contributed by atoms with E-state index in [0.29, 0.717) is 12.2 Å². The van der Waals surface area contributed by atoms with Gasteiger partial charge in [0.05, 0.1) is 19.3 Å². The summed E-state index contributed by atoms with van der Waals surface area (Å²) in [4.78, 5) is 23.9. The lowest BCUT2D eigenvalue weighted by Crippen LogP contribution is -2.27. The number of methoxy groups -OCH3 is 1. The van der Waals surface area contributed by atoms with Crippen molar-refractivity contribution in [2.75, 3.05) is 14.2 Å². The van der Waals surface area contributed by atoms with Crippen LogP contribution in [0.3, 0.4) is 0 Å². The number of ether oxygens (including phenoxy) is 1. The van der Waals surface area contributed by atoms with Crippen LogP contribution in [0.2, 0.25) is 0 Å². The number of amides is 1. The molecule has 0 radical (unpaired) electrons. The molecule has 0 aliphatic carbocycles.